The van der Waals surface area contributed by atoms with Crippen LogP contribution in [0.3, 0.4) is 0 Å². The van der Waals surface area contributed by atoms with E-state index in [4.69, 9.17) is 11.5 Å². The number of hydrogen-bond acceptors (Lipinski definition) is 5. The molecule has 0 unspecified atom stereocenters. The molecule has 1 saturated heterocycles. The molecule has 7 heteroatoms. The Balaban J connectivity index is 1.75. The SMILES string of the molecule is NCCCCCc1nc(CC(=O)N2CCC(C(N)=O)CC2)cs1. The first-order valence-corrected chi connectivity index (χ1v) is 9.18. The predicted octanol–water partition coefficient (Wildman–Crippen LogP) is 1.08. The molecule has 0 aromatic carbocycles. The van der Waals surface area contributed by atoms with E-state index in [0.29, 0.717) is 32.4 Å². The van der Waals surface area contributed by atoms with E-state index in [0.717, 1.165) is 42.9 Å². The fraction of sp³-hybridized carbons (Fsp3) is 0.688. The molecule has 1 aromatic rings. The van der Waals surface area contributed by atoms with Gasteiger partial charge in [0, 0.05) is 24.4 Å². The van der Waals surface area contributed by atoms with E-state index >= 15 is 0 Å². The second kappa shape index (κ2) is 8.98. The van der Waals surface area contributed by atoms with Crippen molar-refractivity contribution in [3.8, 4) is 0 Å². The molecule has 1 aliphatic rings. The quantitative estimate of drug-likeness (QED) is 0.692. The smallest absolute Gasteiger partial charge is 0.228 e. The molecule has 4 N–H and O–H groups in total. The zero-order chi connectivity index (χ0) is 16.7. The Morgan fingerprint density at radius 3 is 2.65 bits per heavy atom. The highest BCUT2D eigenvalue weighted by Gasteiger charge is 2.26. The van der Waals surface area contributed by atoms with Gasteiger partial charge in [-0.2, -0.15) is 0 Å². The maximum atomic E-state index is 12.3. The van der Waals surface area contributed by atoms with Gasteiger partial charge in [0.2, 0.25) is 11.8 Å². The third-order valence-electron chi connectivity index (χ3n) is 4.28. The second-order valence-corrected chi connectivity index (χ2v) is 7.01. The summed E-state index contributed by atoms with van der Waals surface area (Å²) in [5.74, 6) is -0.248. The van der Waals surface area contributed by atoms with Gasteiger partial charge < -0.3 is 16.4 Å². The van der Waals surface area contributed by atoms with Gasteiger partial charge in [-0.25, -0.2) is 4.98 Å². The number of aryl methyl sites for hydroxylation is 1. The minimum absolute atomic E-state index is 0.0848. The van der Waals surface area contributed by atoms with Crippen LogP contribution in [0.2, 0.25) is 0 Å². The molecule has 0 aliphatic carbocycles. The van der Waals surface area contributed by atoms with Crippen LogP contribution in [0.5, 0.6) is 0 Å². The number of hydrogen-bond donors (Lipinski definition) is 2. The van der Waals surface area contributed by atoms with E-state index in [2.05, 4.69) is 4.98 Å². The van der Waals surface area contributed by atoms with Crippen molar-refractivity contribution < 1.29 is 9.59 Å². The van der Waals surface area contributed by atoms with Crippen LogP contribution < -0.4 is 11.5 Å². The monoisotopic (exact) mass is 338 g/mol. The summed E-state index contributed by atoms with van der Waals surface area (Å²) in [7, 11) is 0. The standard InChI is InChI=1S/C16H26N4O2S/c17-7-3-1-2-4-14-19-13(11-23-14)10-15(21)20-8-5-12(6-9-20)16(18)22/h11-12H,1-10,17H2,(H2,18,22). The van der Waals surface area contributed by atoms with E-state index in [1.54, 1.807) is 11.3 Å². The lowest BCUT2D eigenvalue weighted by molar-refractivity contribution is -0.134. The molecule has 2 rings (SSSR count). The van der Waals surface area contributed by atoms with Gasteiger partial charge in [-0.05, 0) is 38.6 Å². The first kappa shape index (κ1) is 17.9. The van der Waals surface area contributed by atoms with Crippen molar-refractivity contribution in [2.24, 2.45) is 17.4 Å². The molecule has 0 saturated carbocycles. The number of piperidine rings is 1. The lowest BCUT2D eigenvalue weighted by atomic mass is 9.96. The molecule has 0 bridgehead atoms. The summed E-state index contributed by atoms with van der Waals surface area (Å²) in [5.41, 5.74) is 11.7. The predicted molar refractivity (Wildman–Crippen MR) is 90.9 cm³/mol. The lowest BCUT2D eigenvalue weighted by Gasteiger charge is -2.30. The van der Waals surface area contributed by atoms with Gasteiger partial charge in [0.1, 0.15) is 0 Å². The number of unbranched alkanes of at least 4 members (excludes halogenated alkanes) is 2. The molecule has 128 valence electrons. The minimum atomic E-state index is -0.254. The van der Waals surface area contributed by atoms with E-state index < -0.39 is 0 Å². The van der Waals surface area contributed by atoms with Crippen LogP contribution in [0.1, 0.15) is 42.8 Å². The summed E-state index contributed by atoms with van der Waals surface area (Å²) in [6.45, 7) is 1.97. The molecule has 2 amide bonds. The van der Waals surface area contributed by atoms with Gasteiger partial charge in [-0.1, -0.05) is 6.42 Å². The van der Waals surface area contributed by atoms with Crippen molar-refractivity contribution in [3.05, 3.63) is 16.1 Å². The van der Waals surface area contributed by atoms with Crippen molar-refractivity contribution in [1.82, 2.24) is 9.88 Å². The Labute approximate surface area is 141 Å². The summed E-state index contributed by atoms with van der Waals surface area (Å²) in [5, 5.41) is 3.07. The number of aromatic nitrogens is 1. The molecule has 1 aliphatic heterocycles. The van der Waals surface area contributed by atoms with Gasteiger partial charge in [0.15, 0.2) is 0 Å². The summed E-state index contributed by atoms with van der Waals surface area (Å²) >= 11 is 1.63. The molecular weight excluding hydrogens is 312 g/mol. The number of amides is 2. The van der Waals surface area contributed by atoms with E-state index in [1.807, 2.05) is 10.3 Å². The molecular formula is C16H26N4O2S. The number of rotatable bonds is 8. The Bertz CT molecular complexity index is 524. The van der Waals surface area contributed by atoms with E-state index in [1.165, 1.54) is 0 Å². The summed E-state index contributed by atoms with van der Waals surface area (Å²) in [6.07, 6.45) is 5.92. The topological polar surface area (TPSA) is 102 Å². The Hall–Kier alpha value is -1.47. The van der Waals surface area contributed by atoms with Crippen molar-refractivity contribution in [3.63, 3.8) is 0 Å². The maximum absolute atomic E-state index is 12.3. The number of primary amides is 1. The normalized spacial score (nSPS) is 15.8. The molecule has 2 heterocycles. The average Bonchev–Trinajstić information content (AvgIpc) is 2.99. The van der Waals surface area contributed by atoms with Crippen molar-refractivity contribution in [1.29, 1.82) is 0 Å². The number of carbonyl (C=O) groups is 2. The largest absolute Gasteiger partial charge is 0.369 e. The van der Waals surface area contributed by atoms with Crippen LogP contribution in [0.4, 0.5) is 0 Å². The van der Waals surface area contributed by atoms with Gasteiger partial charge in [-0.15, -0.1) is 11.3 Å². The molecule has 6 nitrogen and oxygen atoms in total. The average molecular weight is 338 g/mol. The van der Waals surface area contributed by atoms with Crippen LogP contribution in [0.25, 0.3) is 0 Å². The van der Waals surface area contributed by atoms with Crippen molar-refractivity contribution in [2.75, 3.05) is 19.6 Å². The highest BCUT2D eigenvalue weighted by Crippen LogP contribution is 2.19. The van der Waals surface area contributed by atoms with Gasteiger partial charge in [-0.3, -0.25) is 9.59 Å². The van der Waals surface area contributed by atoms with Crippen LogP contribution in [-0.4, -0.2) is 41.3 Å². The fourth-order valence-corrected chi connectivity index (χ4v) is 3.66. The molecule has 0 radical (unpaired) electrons. The summed E-state index contributed by atoms with van der Waals surface area (Å²) in [6, 6.07) is 0. The van der Waals surface area contributed by atoms with Crippen molar-refractivity contribution in [2.45, 2.75) is 44.9 Å². The number of thiazole rings is 1. The minimum Gasteiger partial charge on any atom is -0.369 e. The first-order chi connectivity index (χ1) is 11.1. The number of nitrogens with zero attached hydrogens (tertiary/aromatic N) is 2. The third-order valence-corrected chi connectivity index (χ3v) is 5.23. The summed E-state index contributed by atoms with van der Waals surface area (Å²) in [4.78, 5) is 29.8. The maximum Gasteiger partial charge on any atom is 0.228 e. The highest BCUT2D eigenvalue weighted by atomic mass is 32.1. The van der Waals surface area contributed by atoms with Crippen LogP contribution in [0, 0.1) is 5.92 Å². The fourth-order valence-electron chi connectivity index (χ4n) is 2.82. The van der Waals surface area contributed by atoms with Gasteiger partial charge in [0.05, 0.1) is 17.1 Å². The molecule has 1 aromatic heterocycles. The Kier molecular flexibility index (Phi) is 6.98. The van der Waals surface area contributed by atoms with Crippen LogP contribution >= 0.6 is 11.3 Å². The molecule has 0 spiro atoms. The zero-order valence-corrected chi connectivity index (χ0v) is 14.3. The number of carbonyl (C=O) groups excluding carboxylic acids is 2. The van der Waals surface area contributed by atoms with Gasteiger partial charge >= 0.3 is 0 Å². The number of likely N-dealkylation sites (tertiary alicyclic amines) is 1. The van der Waals surface area contributed by atoms with Gasteiger partial charge in [0.25, 0.3) is 0 Å². The molecule has 1 fully saturated rings. The zero-order valence-electron chi connectivity index (χ0n) is 13.5. The molecule has 23 heavy (non-hydrogen) atoms. The lowest BCUT2D eigenvalue weighted by Crippen LogP contribution is -2.42. The van der Waals surface area contributed by atoms with Crippen LogP contribution in [0.15, 0.2) is 5.38 Å². The van der Waals surface area contributed by atoms with E-state index in [9.17, 15) is 9.59 Å². The van der Waals surface area contributed by atoms with Crippen LogP contribution in [-0.2, 0) is 22.4 Å². The van der Waals surface area contributed by atoms with Crippen molar-refractivity contribution >= 4 is 23.2 Å². The highest BCUT2D eigenvalue weighted by molar-refractivity contribution is 7.09. The second-order valence-electron chi connectivity index (χ2n) is 6.07. The first-order valence-electron chi connectivity index (χ1n) is 8.30. The molecule has 0 atom stereocenters. The number of nitrogens with two attached hydrogens (primary N) is 2. The Morgan fingerprint density at radius 2 is 2.00 bits per heavy atom. The van der Waals surface area contributed by atoms with E-state index in [-0.39, 0.29) is 17.7 Å². The Morgan fingerprint density at radius 1 is 1.26 bits per heavy atom. The summed E-state index contributed by atoms with van der Waals surface area (Å²) < 4.78 is 0. The third kappa shape index (κ3) is 5.58.